The molecule has 0 radical (unpaired) electrons. The topological polar surface area (TPSA) is 59.4 Å². The first-order chi connectivity index (χ1) is 8.97. The number of aryl methyl sites for hydroxylation is 1. The van der Waals surface area contributed by atoms with E-state index in [1.807, 2.05) is 6.07 Å². The number of rotatable bonds is 3. The van der Waals surface area contributed by atoms with Gasteiger partial charge in [-0.3, -0.25) is 0 Å². The third-order valence-corrected chi connectivity index (χ3v) is 3.40. The van der Waals surface area contributed by atoms with Gasteiger partial charge in [0.2, 0.25) is 5.88 Å². The molecule has 1 N–H and O–H groups in total. The maximum atomic E-state index is 10.8. The molecule has 0 amide bonds. The molecule has 6 heteroatoms. The molecule has 2 rings (SSSR count). The van der Waals surface area contributed by atoms with E-state index >= 15 is 0 Å². The van der Waals surface area contributed by atoms with Crippen molar-refractivity contribution in [3.63, 3.8) is 0 Å². The second-order valence-corrected chi connectivity index (χ2v) is 5.60. The van der Waals surface area contributed by atoms with E-state index in [1.54, 1.807) is 25.3 Å². The average Bonchev–Trinajstić information content (AvgIpc) is 2.34. The summed E-state index contributed by atoms with van der Waals surface area (Å²) in [6, 6.07) is 6.50. The minimum atomic E-state index is -0.961. The van der Waals surface area contributed by atoms with Gasteiger partial charge in [-0.05, 0) is 68.6 Å². The normalized spacial score (nSPS) is 10.3. The van der Waals surface area contributed by atoms with E-state index < -0.39 is 5.97 Å². The number of pyridine rings is 1. The first kappa shape index (κ1) is 14.0. The van der Waals surface area contributed by atoms with Crippen molar-refractivity contribution in [1.29, 1.82) is 0 Å². The van der Waals surface area contributed by atoms with Crippen molar-refractivity contribution < 1.29 is 14.6 Å². The Morgan fingerprint density at radius 2 is 2.05 bits per heavy atom. The molecule has 1 heterocycles. The summed E-state index contributed by atoms with van der Waals surface area (Å²) in [4.78, 5) is 15.0. The lowest BCUT2D eigenvalue weighted by atomic mass is 10.1. The van der Waals surface area contributed by atoms with E-state index in [-0.39, 0.29) is 5.56 Å². The second-order valence-electron chi connectivity index (χ2n) is 3.83. The van der Waals surface area contributed by atoms with Crippen molar-refractivity contribution in [3.05, 3.63) is 50.5 Å². The predicted octanol–water partition coefficient (Wildman–Crippen LogP) is 4.41. The van der Waals surface area contributed by atoms with Crippen LogP contribution in [-0.2, 0) is 0 Å². The molecule has 0 spiro atoms. The Balaban J connectivity index is 2.31. The Hall–Kier alpha value is -1.40. The van der Waals surface area contributed by atoms with Gasteiger partial charge in [0.25, 0.3) is 0 Å². The molecule has 0 saturated carbocycles. The van der Waals surface area contributed by atoms with Crippen LogP contribution in [0, 0.1) is 6.92 Å². The Labute approximate surface area is 126 Å². The molecule has 2 aromatic rings. The van der Waals surface area contributed by atoms with Crippen molar-refractivity contribution in [2.24, 2.45) is 0 Å². The van der Waals surface area contributed by atoms with E-state index in [0.717, 1.165) is 10.0 Å². The molecule has 4 nitrogen and oxygen atoms in total. The highest BCUT2D eigenvalue weighted by Crippen LogP contribution is 2.31. The van der Waals surface area contributed by atoms with E-state index in [2.05, 4.69) is 36.8 Å². The summed E-state index contributed by atoms with van der Waals surface area (Å²) in [5, 5.41) is 8.90. The Kier molecular flexibility index (Phi) is 4.21. The minimum absolute atomic E-state index is 0.229. The van der Waals surface area contributed by atoms with Crippen LogP contribution in [-0.4, -0.2) is 16.1 Å². The molecule has 19 heavy (non-hydrogen) atoms. The number of hydrogen-bond acceptors (Lipinski definition) is 3. The molecule has 0 saturated heterocycles. The van der Waals surface area contributed by atoms with E-state index in [4.69, 9.17) is 9.84 Å². The van der Waals surface area contributed by atoms with Crippen molar-refractivity contribution in [2.75, 3.05) is 0 Å². The fourth-order valence-electron chi connectivity index (χ4n) is 1.48. The van der Waals surface area contributed by atoms with Crippen LogP contribution in [0.5, 0.6) is 11.6 Å². The number of aromatic nitrogens is 1. The van der Waals surface area contributed by atoms with E-state index in [0.29, 0.717) is 16.1 Å². The molecule has 0 fully saturated rings. The van der Waals surface area contributed by atoms with Crippen molar-refractivity contribution in [3.8, 4) is 11.6 Å². The molecule has 1 aromatic heterocycles. The van der Waals surface area contributed by atoms with Gasteiger partial charge in [0.1, 0.15) is 5.75 Å². The van der Waals surface area contributed by atoms with Gasteiger partial charge in [0.05, 0.1) is 10.0 Å². The lowest BCUT2D eigenvalue weighted by molar-refractivity contribution is 0.0697. The smallest absolute Gasteiger partial charge is 0.335 e. The first-order valence-electron chi connectivity index (χ1n) is 5.30. The highest BCUT2D eigenvalue weighted by atomic mass is 79.9. The predicted molar refractivity (Wildman–Crippen MR) is 77.8 cm³/mol. The van der Waals surface area contributed by atoms with Crippen molar-refractivity contribution in [2.45, 2.75) is 6.92 Å². The molecule has 0 aliphatic rings. The maximum absolute atomic E-state index is 10.8. The quantitative estimate of drug-likeness (QED) is 0.848. The van der Waals surface area contributed by atoms with Crippen LogP contribution in [0.1, 0.15) is 15.9 Å². The van der Waals surface area contributed by atoms with Gasteiger partial charge in [-0.1, -0.05) is 0 Å². The number of benzene rings is 1. The van der Waals surface area contributed by atoms with E-state index in [1.165, 1.54) is 6.07 Å². The molecule has 0 atom stereocenters. The van der Waals surface area contributed by atoms with Gasteiger partial charge in [-0.2, -0.15) is 0 Å². The number of carboxylic acids is 1. The van der Waals surface area contributed by atoms with Crippen LogP contribution in [0.3, 0.4) is 0 Å². The van der Waals surface area contributed by atoms with Crippen LogP contribution in [0.4, 0.5) is 0 Å². The van der Waals surface area contributed by atoms with Gasteiger partial charge in [0, 0.05) is 10.7 Å². The molecule has 0 bridgehead atoms. The number of ether oxygens (including phenoxy) is 1. The number of aromatic carboxylic acids is 1. The highest BCUT2D eigenvalue weighted by molar-refractivity contribution is 9.11. The van der Waals surface area contributed by atoms with Crippen molar-refractivity contribution >= 4 is 37.8 Å². The zero-order valence-corrected chi connectivity index (χ0v) is 13.0. The van der Waals surface area contributed by atoms with Crippen LogP contribution >= 0.6 is 31.9 Å². The number of nitrogens with zero attached hydrogens (tertiary/aromatic N) is 1. The third kappa shape index (κ3) is 3.33. The summed E-state index contributed by atoms with van der Waals surface area (Å²) >= 11 is 6.66. The molecule has 98 valence electrons. The summed E-state index contributed by atoms with van der Waals surface area (Å²) < 4.78 is 7.21. The number of carboxylic acid groups (broad SMARTS) is 1. The lowest BCUT2D eigenvalue weighted by Gasteiger charge is -2.09. The summed E-state index contributed by atoms with van der Waals surface area (Å²) in [5.74, 6) is 0.0347. The number of carbonyl (C=O) groups is 1. The zero-order chi connectivity index (χ0) is 14.0. The summed E-state index contributed by atoms with van der Waals surface area (Å²) in [6.07, 6.45) is 1.63. The van der Waals surface area contributed by atoms with Crippen LogP contribution in [0.2, 0.25) is 0 Å². The minimum Gasteiger partial charge on any atom is -0.478 e. The molecular formula is C13H9Br2NO3. The highest BCUT2D eigenvalue weighted by Gasteiger charge is 2.10. The Bertz CT molecular complexity index is 644. The maximum Gasteiger partial charge on any atom is 0.335 e. The Morgan fingerprint density at radius 3 is 2.63 bits per heavy atom. The molecule has 0 unspecified atom stereocenters. The SMILES string of the molecule is Cc1cc(C(=O)O)ccc1Oc1ncc(Br)cc1Br. The number of hydrogen-bond donors (Lipinski definition) is 1. The summed E-state index contributed by atoms with van der Waals surface area (Å²) in [7, 11) is 0. The van der Waals surface area contributed by atoms with Crippen molar-refractivity contribution in [1.82, 2.24) is 4.98 Å². The first-order valence-corrected chi connectivity index (χ1v) is 6.89. The van der Waals surface area contributed by atoms with Gasteiger partial charge in [0.15, 0.2) is 0 Å². The van der Waals surface area contributed by atoms with Gasteiger partial charge >= 0.3 is 5.97 Å². The fourth-order valence-corrected chi connectivity index (χ4v) is 2.55. The third-order valence-electron chi connectivity index (χ3n) is 2.40. The van der Waals surface area contributed by atoms with Gasteiger partial charge < -0.3 is 9.84 Å². The molecule has 0 aliphatic heterocycles. The largest absolute Gasteiger partial charge is 0.478 e. The molecular weight excluding hydrogens is 378 g/mol. The zero-order valence-electron chi connectivity index (χ0n) is 9.85. The average molecular weight is 387 g/mol. The number of halogens is 2. The van der Waals surface area contributed by atoms with Crippen LogP contribution in [0.15, 0.2) is 39.4 Å². The Morgan fingerprint density at radius 1 is 1.32 bits per heavy atom. The van der Waals surface area contributed by atoms with Crippen LogP contribution < -0.4 is 4.74 Å². The standard InChI is InChI=1S/C13H9Br2NO3/c1-7-4-8(13(17)18)2-3-11(7)19-12-10(15)5-9(14)6-16-12/h2-6H,1H3,(H,17,18). The second kappa shape index (κ2) is 5.71. The van der Waals surface area contributed by atoms with E-state index in [9.17, 15) is 4.79 Å². The molecule has 1 aromatic carbocycles. The summed E-state index contributed by atoms with van der Waals surface area (Å²) in [5.41, 5.74) is 0.962. The van der Waals surface area contributed by atoms with Crippen LogP contribution in [0.25, 0.3) is 0 Å². The summed E-state index contributed by atoms with van der Waals surface area (Å²) in [6.45, 7) is 1.79. The molecule has 0 aliphatic carbocycles. The van der Waals surface area contributed by atoms with Gasteiger partial charge in [-0.15, -0.1) is 0 Å². The fraction of sp³-hybridized carbons (Fsp3) is 0.0769. The van der Waals surface area contributed by atoms with Gasteiger partial charge in [-0.25, -0.2) is 9.78 Å². The monoisotopic (exact) mass is 385 g/mol. The lowest BCUT2D eigenvalue weighted by Crippen LogP contribution is -1.98.